The van der Waals surface area contributed by atoms with Gasteiger partial charge >= 0.3 is 6.36 Å². The topological polar surface area (TPSA) is 21.6 Å². The molecule has 1 unspecified atom stereocenters. The van der Waals surface area contributed by atoms with Gasteiger partial charge in [0.05, 0.1) is 11.6 Å². The predicted molar refractivity (Wildman–Crippen MR) is 101 cm³/mol. The second-order valence-corrected chi connectivity index (χ2v) is 7.62. The Hall–Kier alpha value is -2.74. The van der Waals surface area contributed by atoms with Crippen molar-refractivity contribution in [3.8, 4) is 16.2 Å². The number of alkyl halides is 3. The maximum atomic E-state index is 14.0. The SMILES string of the molecule is Fc1cccc(F)c1C1=NC(c2ccc(-c3cccc(OC(F)(F)F)c3)s2)CC1. The lowest BCUT2D eigenvalue weighted by Gasteiger charge is -2.09. The van der Waals surface area contributed by atoms with E-state index in [1.165, 1.54) is 47.7 Å². The highest BCUT2D eigenvalue weighted by molar-refractivity contribution is 7.15. The molecule has 0 spiro atoms. The quantitative estimate of drug-likeness (QED) is 0.418. The summed E-state index contributed by atoms with van der Waals surface area (Å²) in [6, 6.07) is 12.8. The van der Waals surface area contributed by atoms with E-state index in [2.05, 4.69) is 9.73 Å². The highest BCUT2D eigenvalue weighted by atomic mass is 32.1. The van der Waals surface area contributed by atoms with Gasteiger partial charge in [-0.3, -0.25) is 4.99 Å². The lowest BCUT2D eigenvalue weighted by Crippen LogP contribution is -2.17. The predicted octanol–water partition coefficient (Wildman–Crippen LogP) is 6.92. The number of rotatable bonds is 4. The Labute approximate surface area is 167 Å². The number of benzene rings is 2. The lowest BCUT2D eigenvalue weighted by atomic mass is 10.1. The van der Waals surface area contributed by atoms with Crippen molar-refractivity contribution in [1.29, 1.82) is 0 Å². The number of aliphatic imine (C=N–C) groups is 1. The normalized spacial score (nSPS) is 16.7. The van der Waals surface area contributed by atoms with Gasteiger partial charge in [-0.15, -0.1) is 24.5 Å². The molecule has 1 atom stereocenters. The van der Waals surface area contributed by atoms with E-state index in [1.54, 1.807) is 12.1 Å². The fourth-order valence-corrected chi connectivity index (χ4v) is 4.37. The van der Waals surface area contributed by atoms with Gasteiger partial charge < -0.3 is 4.74 Å². The summed E-state index contributed by atoms with van der Waals surface area (Å²) < 4.78 is 69.3. The maximum absolute atomic E-state index is 14.0. The van der Waals surface area contributed by atoms with Gasteiger partial charge in [0.2, 0.25) is 0 Å². The molecule has 2 nitrogen and oxygen atoms in total. The van der Waals surface area contributed by atoms with E-state index in [9.17, 15) is 22.0 Å². The fourth-order valence-electron chi connectivity index (χ4n) is 3.29. The molecule has 0 saturated carbocycles. The second-order valence-electron chi connectivity index (χ2n) is 6.50. The average Bonchev–Trinajstić information content (AvgIpc) is 3.30. The van der Waals surface area contributed by atoms with Crippen LogP contribution in [0.1, 0.15) is 29.3 Å². The summed E-state index contributed by atoms with van der Waals surface area (Å²) in [5, 5.41) is 0. The largest absolute Gasteiger partial charge is 0.573 e. The third kappa shape index (κ3) is 4.32. The van der Waals surface area contributed by atoms with Gasteiger partial charge in [0, 0.05) is 15.5 Å². The third-order valence-corrected chi connectivity index (χ3v) is 5.76. The Balaban J connectivity index is 1.58. The van der Waals surface area contributed by atoms with Gasteiger partial charge in [-0.25, -0.2) is 8.78 Å². The van der Waals surface area contributed by atoms with E-state index in [4.69, 9.17) is 0 Å². The van der Waals surface area contributed by atoms with E-state index in [1.807, 2.05) is 6.07 Å². The van der Waals surface area contributed by atoms with Crippen molar-refractivity contribution in [2.45, 2.75) is 25.2 Å². The number of hydrogen-bond donors (Lipinski definition) is 0. The van der Waals surface area contributed by atoms with Crippen molar-refractivity contribution in [3.63, 3.8) is 0 Å². The molecule has 29 heavy (non-hydrogen) atoms. The first-order chi connectivity index (χ1) is 13.8. The monoisotopic (exact) mass is 423 g/mol. The summed E-state index contributed by atoms with van der Waals surface area (Å²) in [7, 11) is 0. The molecular formula is C21H14F5NOS. The van der Waals surface area contributed by atoms with Crippen LogP contribution in [0.5, 0.6) is 5.75 Å². The van der Waals surface area contributed by atoms with Crippen LogP contribution in [-0.4, -0.2) is 12.1 Å². The molecule has 0 fully saturated rings. The van der Waals surface area contributed by atoms with Crippen LogP contribution in [0.25, 0.3) is 10.4 Å². The van der Waals surface area contributed by atoms with Crippen LogP contribution in [0.15, 0.2) is 59.6 Å². The number of ether oxygens (including phenoxy) is 1. The molecule has 0 N–H and O–H groups in total. The van der Waals surface area contributed by atoms with Gasteiger partial charge in [-0.2, -0.15) is 0 Å². The molecule has 3 aromatic rings. The van der Waals surface area contributed by atoms with Crippen LogP contribution in [-0.2, 0) is 0 Å². The molecule has 2 heterocycles. The molecule has 0 saturated heterocycles. The zero-order valence-corrected chi connectivity index (χ0v) is 15.7. The van der Waals surface area contributed by atoms with Crippen LogP contribution < -0.4 is 4.74 Å². The smallest absolute Gasteiger partial charge is 0.406 e. The molecule has 8 heteroatoms. The van der Waals surface area contributed by atoms with E-state index in [0.717, 1.165) is 9.75 Å². The third-order valence-electron chi connectivity index (χ3n) is 4.52. The van der Waals surface area contributed by atoms with E-state index < -0.39 is 18.0 Å². The molecule has 1 aliphatic rings. The van der Waals surface area contributed by atoms with Gasteiger partial charge in [-0.1, -0.05) is 18.2 Å². The number of thiophene rings is 1. The Bertz CT molecular complexity index is 1050. The number of halogens is 5. The van der Waals surface area contributed by atoms with Crippen molar-refractivity contribution in [1.82, 2.24) is 0 Å². The Morgan fingerprint density at radius 1 is 0.966 bits per heavy atom. The first kappa shape index (κ1) is 19.6. The summed E-state index contributed by atoms with van der Waals surface area (Å²) in [6.07, 6.45) is -3.69. The zero-order chi connectivity index (χ0) is 20.6. The first-order valence-electron chi connectivity index (χ1n) is 8.77. The molecule has 0 amide bonds. The molecule has 1 aliphatic heterocycles. The minimum atomic E-state index is -4.75. The fraction of sp³-hybridized carbons (Fsp3) is 0.190. The Kier molecular flexibility index (Phi) is 5.12. The number of nitrogens with zero attached hydrogens (tertiary/aromatic N) is 1. The van der Waals surface area contributed by atoms with Crippen LogP contribution in [0.3, 0.4) is 0 Å². The first-order valence-corrected chi connectivity index (χ1v) is 9.59. The molecule has 0 aliphatic carbocycles. The van der Waals surface area contributed by atoms with E-state index in [0.29, 0.717) is 24.1 Å². The highest BCUT2D eigenvalue weighted by Crippen LogP contribution is 2.39. The van der Waals surface area contributed by atoms with E-state index in [-0.39, 0.29) is 17.4 Å². The number of hydrogen-bond acceptors (Lipinski definition) is 3. The van der Waals surface area contributed by atoms with Crippen LogP contribution in [0.2, 0.25) is 0 Å². The zero-order valence-electron chi connectivity index (χ0n) is 14.8. The van der Waals surface area contributed by atoms with E-state index >= 15 is 0 Å². The van der Waals surface area contributed by atoms with Crippen molar-refractivity contribution in [3.05, 3.63) is 76.7 Å². The Morgan fingerprint density at radius 2 is 1.69 bits per heavy atom. The average molecular weight is 423 g/mol. The van der Waals surface area contributed by atoms with Crippen LogP contribution in [0.4, 0.5) is 22.0 Å². The minimum Gasteiger partial charge on any atom is -0.406 e. The molecule has 0 radical (unpaired) electrons. The maximum Gasteiger partial charge on any atom is 0.573 e. The molecule has 4 rings (SSSR count). The summed E-state index contributed by atoms with van der Waals surface area (Å²) >= 11 is 1.38. The summed E-state index contributed by atoms with van der Waals surface area (Å²) in [5.41, 5.74) is 0.884. The standard InChI is InChI=1S/C21H14F5NOS/c22-14-5-2-6-15(23)20(14)17-8-7-16(27-17)19-10-9-18(29-19)12-3-1-4-13(11-12)28-21(24,25)26/h1-6,9-11,16H,7-8H2. The van der Waals surface area contributed by atoms with Gasteiger partial charge in [0.15, 0.2) is 0 Å². The summed E-state index contributed by atoms with van der Waals surface area (Å²) in [4.78, 5) is 6.14. The molecular weight excluding hydrogens is 409 g/mol. The van der Waals surface area contributed by atoms with Gasteiger partial charge in [0.25, 0.3) is 0 Å². The van der Waals surface area contributed by atoms with Crippen molar-refractivity contribution in [2.75, 3.05) is 0 Å². The molecule has 2 aromatic carbocycles. The minimum absolute atomic E-state index is 0.0937. The second kappa shape index (κ2) is 7.59. The summed E-state index contributed by atoms with van der Waals surface area (Å²) in [5.74, 6) is -1.57. The van der Waals surface area contributed by atoms with Gasteiger partial charge in [-0.05, 0) is 54.8 Å². The highest BCUT2D eigenvalue weighted by Gasteiger charge is 2.31. The Morgan fingerprint density at radius 3 is 2.41 bits per heavy atom. The van der Waals surface area contributed by atoms with Crippen LogP contribution in [0, 0.1) is 11.6 Å². The van der Waals surface area contributed by atoms with Crippen molar-refractivity contribution >= 4 is 17.0 Å². The van der Waals surface area contributed by atoms with Crippen molar-refractivity contribution in [2.24, 2.45) is 4.99 Å². The summed E-state index contributed by atoms with van der Waals surface area (Å²) in [6.45, 7) is 0. The van der Waals surface area contributed by atoms with Crippen molar-refractivity contribution < 1.29 is 26.7 Å². The molecule has 1 aromatic heterocycles. The van der Waals surface area contributed by atoms with Gasteiger partial charge in [0.1, 0.15) is 17.4 Å². The molecule has 0 bridgehead atoms. The lowest BCUT2D eigenvalue weighted by molar-refractivity contribution is -0.274. The molecule has 150 valence electrons. The van der Waals surface area contributed by atoms with Crippen LogP contribution >= 0.6 is 11.3 Å².